The van der Waals surface area contributed by atoms with E-state index in [1.54, 1.807) is 36.5 Å². The summed E-state index contributed by atoms with van der Waals surface area (Å²) in [6.07, 6.45) is 3.45. The molecule has 0 unspecified atom stereocenters. The molecular weight excluding hydrogens is 348 g/mol. The molecule has 1 saturated carbocycles. The zero-order valence-corrected chi connectivity index (χ0v) is 14.9. The van der Waals surface area contributed by atoms with Crippen molar-refractivity contribution in [2.75, 3.05) is 0 Å². The van der Waals surface area contributed by atoms with Gasteiger partial charge in [-0.3, -0.25) is 0 Å². The van der Waals surface area contributed by atoms with Crippen molar-refractivity contribution in [2.24, 2.45) is 5.92 Å². The van der Waals surface area contributed by atoms with Gasteiger partial charge in [0.25, 0.3) is 0 Å². The molecule has 0 bridgehead atoms. The number of hydrogen-bond acceptors (Lipinski definition) is 4. The predicted octanol–water partition coefficient (Wildman–Crippen LogP) is 3.48. The highest BCUT2D eigenvalue weighted by molar-refractivity contribution is 7.91. The third-order valence-electron chi connectivity index (χ3n) is 4.95. The van der Waals surface area contributed by atoms with Gasteiger partial charge < -0.3 is 9.78 Å². The first-order valence-corrected chi connectivity index (χ1v) is 9.76. The average Bonchev–Trinajstić information content (AvgIpc) is 3.31. The summed E-state index contributed by atoms with van der Waals surface area (Å²) in [5.41, 5.74) is 2.63. The highest BCUT2D eigenvalue weighted by Gasteiger charge is 2.40. The number of sulfone groups is 1. The molecule has 2 aromatic carbocycles. The Morgan fingerprint density at radius 2 is 1.96 bits per heavy atom. The number of nitrogens with zero attached hydrogens (tertiary/aromatic N) is 1. The Hall–Kier alpha value is -2.91. The minimum atomic E-state index is -3.78. The van der Waals surface area contributed by atoms with Gasteiger partial charge in [0.2, 0.25) is 9.84 Å². The van der Waals surface area contributed by atoms with Crippen molar-refractivity contribution in [3.05, 3.63) is 59.3 Å². The van der Waals surface area contributed by atoms with Crippen LogP contribution in [0.25, 0.3) is 10.9 Å². The van der Waals surface area contributed by atoms with E-state index in [4.69, 9.17) is 0 Å². The molecule has 1 N–H and O–H groups in total. The van der Waals surface area contributed by atoms with Crippen LogP contribution in [0, 0.1) is 24.2 Å². The highest BCUT2D eigenvalue weighted by atomic mass is 32.2. The molecule has 1 fully saturated rings. The minimum Gasteiger partial charge on any atom is -0.360 e. The molecule has 3 aromatic rings. The molecule has 0 amide bonds. The van der Waals surface area contributed by atoms with Crippen LogP contribution in [0.2, 0.25) is 0 Å². The summed E-state index contributed by atoms with van der Waals surface area (Å²) in [7, 11) is -3.78. The molecule has 1 heterocycles. The second kappa shape index (κ2) is 5.82. The maximum Gasteiger partial charge on any atom is 0.208 e. The molecule has 0 saturated heterocycles. The number of carbonyl (C=O) groups is 1. The molecule has 1 aliphatic rings. The lowest BCUT2D eigenvalue weighted by atomic mass is 10.1. The predicted molar refractivity (Wildman–Crippen MR) is 96.6 cm³/mol. The Bertz CT molecular complexity index is 1170. The van der Waals surface area contributed by atoms with Gasteiger partial charge in [-0.25, -0.2) is 8.42 Å². The van der Waals surface area contributed by atoms with Crippen molar-refractivity contribution in [1.29, 1.82) is 5.26 Å². The zero-order chi connectivity index (χ0) is 18.5. The first-order valence-electron chi connectivity index (χ1n) is 8.28. The lowest BCUT2D eigenvalue weighted by molar-refractivity contribution is -0.108. The van der Waals surface area contributed by atoms with Crippen LogP contribution in [0.3, 0.4) is 0 Å². The van der Waals surface area contributed by atoms with Crippen LogP contribution in [-0.4, -0.2) is 19.7 Å². The standard InChI is InChI=1S/C20H16N2O3S/c1-12-2-4-15(5-3-12)26(24,25)19-7-13(9-21)6-17-18(10-22-20(17)19)16-8-14(16)11-23/h2-7,10-11,14,16,22H,8H2,1H3/t14-,16-/m0/s1. The van der Waals surface area contributed by atoms with Gasteiger partial charge in [-0.1, -0.05) is 17.7 Å². The summed E-state index contributed by atoms with van der Waals surface area (Å²) in [6, 6.07) is 11.8. The highest BCUT2D eigenvalue weighted by Crippen LogP contribution is 2.49. The Morgan fingerprint density at radius 3 is 2.58 bits per heavy atom. The monoisotopic (exact) mass is 364 g/mol. The molecule has 4 rings (SSSR count). The SMILES string of the molecule is Cc1ccc(S(=O)(=O)c2cc(C#N)cc3c([C@H]4C[C@H]4C=O)c[nH]c23)cc1. The third-order valence-corrected chi connectivity index (χ3v) is 6.74. The molecule has 1 aromatic heterocycles. The number of aromatic nitrogens is 1. The van der Waals surface area contributed by atoms with E-state index in [0.29, 0.717) is 10.9 Å². The van der Waals surface area contributed by atoms with E-state index in [0.717, 1.165) is 23.8 Å². The second-order valence-corrected chi connectivity index (χ2v) is 8.63. The minimum absolute atomic E-state index is 0.0307. The van der Waals surface area contributed by atoms with Crippen LogP contribution in [-0.2, 0) is 14.6 Å². The number of fused-ring (bicyclic) bond motifs is 1. The Morgan fingerprint density at radius 1 is 1.23 bits per heavy atom. The van der Waals surface area contributed by atoms with E-state index in [-0.39, 0.29) is 27.2 Å². The number of aldehydes is 1. The summed E-state index contributed by atoms with van der Waals surface area (Å²) in [5.74, 6) is 0.0574. The van der Waals surface area contributed by atoms with Crippen molar-refractivity contribution in [2.45, 2.75) is 29.1 Å². The maximum absolute atomic E-state index is 13.2. The van der Waals surface area contributed by atoms with Crippen molar-refractivity contribution < 1.29 is 13.2 Å². The number of aromatic amines is 1. The summed E-state index contributed by atoms with van der Waals surface area (Å²) in [6.45, 7) is 1.89. The van der Waals surface area contributed by atoms with Gasteiger partial charge in [0.15, 0.2) is 0 Å². The number of H-pyrrole nitrogens is 1. The van der Waals surface area contributed by atoms with Crippen molar-refractivity contribution in [3.8, 4) is 6.07 Å². The summed E-state index contributed by atoms with van der Waals surface area (Å²) in [4.78, 5) is 14.3. The molecule has 6 heteroatoms. The number of nitriles is 1. The number of benzene rings is 2. The molecule has 1 aliphatic carbocycles. The van der Waals surface area contributed by atoms with Crippen LogP contribution in [0.5, 0.6) is 0 Å². The van der Waals surface area contributed by atoms with E-state index in [1.165, 1.54) is 6.07 Å². The van der Waals surface area contributed by atoms with E-state index < -0.39 is 9.84 Å². The average molecular weight is 364 g/mol. The van der Waals surface area contributed by atoms with E-state index in [9.17, 15) is 18.5 Å². The topological polar surface area (TPSA) is 90.8 Å². The molecule has 2 atom stereocenters. The fourth-order valence-corrected chi connectivity index (χ4v) is 4.84. The quantitative estimate of drug-likeness (QED) is 0.718. The van der Waals surface area contributed by atoms with Crippen molar-refractivity contribution in [3.63, 3.8) is 0 Å². The normalized spacial score (nSPS) is 19.2. The first-order chi connectivity index (χ1) is 12.5. The van der Waals surface area contributed by atoms with Gasteiger partial charge in [-0.15, -0.1) is 0 Å². The number of hydrogen-bond donors (Lipinski definition) is 1. The van der Waals surface area contributed by atoms with Gasteiger partial charge in [-0.05, 0) is 49.1 Å². The number of rotatable bonds is 4. The third kappa shape index (κ3) is 2.52. The summed E-state index contributed by atoms with van der Waals surface area (Å²) < 4.78 is 26.3. The molecule has 26 heavy (non-hydrogen) atoms. The Balaban J connectivity index is 1.94. The lowest BCUT2D eigenvalue weighted by Gasteiger charge is -2.08. The molecule has 0 spiro atoms. The number of nitrogens with one attached hydrogen (secondary N) is 1. The second-order valence-electron chi connectivity index (χ2n) is 6.71. The number of carbonyl (C=O) groups excluding carboxylic acids is 1. The molecule has 130 valence electrons. The first kappa shape index (κ1) is 16.6. The molecule has 0 radical (unpaired) electrons. The van der Waals surface area contributed by atoms with Gasteiger partial charge in [0.05, 0.1) is 26.9 Å². The Kier molecular flexibility index (Phi) is 3.70. The zero-order valence-electron chi connectivity index (χ0n) is 14.1. The molecule has 5 nitrogen and oxygen atoms in total. The largest absolute Gasteiger partial charge is 0.360 e. The van der Waals surface area contributed by atoms with Crippen molar-refractivity contribution >= 4 is 27.0 Å². The van der Waals surface area contributed by atoms with Crippen LogP contribution < -0.4 is 0 Å². The lowest BCUT2D eigenvalue weighted by Crippen LogP contribution is -2.03. The van der Waals surface area contributed by atoms with Crippen LogP contribution >= 0.6 is 0 Å². The molecule has 0 aliphatic heterocycles. The maximum atomic E-state index is 13.2. The van der Waals surface area contributed by atoms with Crippen LogP contribution in [0.15, 0.2) is 52.4 Å². The van der Waals surface area contributed by atoms with E-state index in [1.807, 2.05) is 13.0 Å². The van der Waals surface area contributed by atoms with E-state index in [2.05, 4.69) is 4.98 Å². The molecular formula is C20H16N2O3S. The van der Waals surface area contributed by atoms with Crippen molar-refractivity contribution in [1.82, 2.24) is 4.98 Å². The van der Waals surface area contributed by atoms with Crippen LogP contribution in [0.4, 0.5) is 0 Å². The summed E-state index contributed by atoms with van der Waals surface area (Å²) in [5, 5.41) is 10.1. The van der Waals surface area contributed by atoms with Gasteiger partial charge in [0, 0.05) is 17.5 Å². The fourth-order valence-electron chi connectivity index (χ4n) is 3.37. The van der Waals surface area contributed by atoms with Gasteiger partial charge >= 0.3 is 0 Å². The Labute approximate surface area is 151 Å². The smallest absolute Gasteiger partial charge is 0.208 e. The van der Waals surface area contributed by atoms with E-state index >= 15 is 0 Å². The van der Waals surface area contributed by atoms with Gasteiger partial charge in [-0.2, -0.15) is 5.26 Å². The fraction of sp³-hybridized carbons (Fsp3) is 0.200. The van der Waals surface area contributed by atoms with Gasteiger partial charge in [0.1, 0.15) is 6.29 Å². The van der Waals surface area contributed by atoms with Crippen LogP contribution in [0.1, 0.15) is 29.0 Å². The summed E-state index contributed by atoms with van der Waals surface area (Å²) >= 11 is 0. The number of aryl methyl sites for hydroxylation is 1.